The van der Waals surface area contributed by atoms with Crippen LogP contribution in [-0.4, -0.2) is 24.7 Å². The summed E-state index contributed by atoms with van der Waals surface area (Å²) in [6.07, 6.45) is 2.00. The minimum Gasteiger partial charge on any atom is -0.294 e. The normalized spacial score (nSPS) is 32.2. The predicted octanol–water partition coefficient (Wildman–Crippen LogP) is 2.36. The minimum atomic E-state index is -3.03. The van der Waals surface area contributed by atoms with Crippen molar-refractivity contribution in [2.45, 2.75) is 36.2 Å². The molecule has 0 N–H and O–H groups in total. The molecule has 5 heteroatoms. The van der Waals surface area contributed by atoms with Gasteiger partial charge in [-0.15, -0.1) is 0 Å². The Morgan fingerprint density at radius 1 is 1.11 bits per heavy atom. The van der Waals surface area contributed by atoms with E-state index < -0.39 is 26.2 Å². The van der Waals surface area contributed by atoms with Crippen molar-refractivity contribution in [2.24, 2.45) is 5.92 Å². The lowest BCUT2D eigenvalue weighted by Gasteiger charge is -2.27. The van der Waals surface area contributed by atoms with Crippen LogP contribution in [0.3, 0.4) is 0 Å². The summed E-state index contributed by atoms with van der Waals surface area (Å²) in [4.78, 5) is 12.3. The Bertz CT molecular complexity index is 603. The van der Waals surface area contributed by atoms with Gasteiger partial charge in [0.1, 0.15) is 5.82 Å². The van der Waals surface area contributed by atoms with Gasteiger partial charge in [-0.1, -0.05) is 12.1 Å². The summed E-state index contributed by atoms with van der Waals surface area (Å²) in [6.45, 7) is 0. The van der Waals surface area contributed by atoms with E-state index in [1.165, 1.54) is 12.1 Å². The molecule has 19 heavy (non-hydrogen) atoms. The van der Waals surface area contributed by atoms with E-state index in [0.29, 0.717) is 25.7 Å². The topological polar surface area (TPSA) is 51.2 Å². The third-order valence-electron chi connectivity index (χ3n) is 4.34. The Hall–Kier alpha value is -1.23. The smallest absolute Gasteiger partial charge is 0.168 e. The van der Waals surface area contributed by atoms with E-state index in [9.17, 15) is 17.6 Å². The summed E-state index contributed by atoms with van der Waals surface area (Å²) >= 11 is 0. The second-order valence-electron chi connectivity index (χ2n) is 5.42. The third kappa shape index (κ3) is 2.00. The summed E-state index contributed by atoms with van der Waals surface area (Å²) in [5.41, 5.74) is 0.0891. The molecule has 0 amide bonds. The zero-order chi connectivity index (χ0) is 13.6. The molecular formula is C14H15FO3S. The zero-order valence-corrected chi connectivity index (χ0v) is 11.2. The maximum Gasteiger partial charge on any atom is 0.168 e. The van der Waals surface area contributed by atoms with Crippen molar-refractivity contribution in [3.05, 3.63) is 35.6 Å². The lowest BCUT2D eigenvalue weighted by Crippen LogP contribution is -2.36. The van der Waals surface area contributed by atoms with Crippen LogP contribution in [0.2, 0.25) is 0 Å². The average molecular weight is 282 g/mol. The van der Waals surface area contributed by atoms with E-state index in [0.717, 1.165) is 0 Å². The summed E-state index contributed by atoms with van der Waals surface area (Å²) in [6, 6.07) is 5.91. The monoisotopic (exact) mass is 282 g/mol. The number of carbonyl (C=O) groups is 1. The van der Waals surface area contributed by atoms with E-state index >= 15 is 0 Å². The Balaban J connectivity index is 1.86. The number of carbonyl (C=O) groups excluding carboxylic acids is 1. The van der Waals surface area contributed by atoms with Gasteiger partial charge in [0.05, 0.1) is 16.1 Å². The van der Waals surface area contributed by atoms with Gasteiger partial charge in [0, 0.05) is 5.92 Å². The summed E-state index contributed by atoms with van der Waals surface area (Å²) < 4.78 is 37.5. The fourth-order valence-electron chi connectivity index (χ4n) is 3.30. The maximum absolute atomic E-state index is 13.6. The molecule has 2 saturated heterocycles. The van der Waals surface area contributed by atoms with Gasteiger partial charge in [-0.3, -0.25) is 4.79 Å². The standard InChI is InChI=1S/C14H15FO3S/c15-13-4-2-1-3-12(13)14(16)9-7-10-5-6-11(8-9)19(10,17)18/h1-4,9-11H,5-8H2. The van der Waals surface area contributed by atoms with E-state index in [1.807, 2.05) is 0 Å². The molecule has 2 aliphatic heterocycles. The summed E-state index contributed by atoms with van der Waals surface area (Å²) in [5, 5.41) is -0.793. The lowest BCUT2D eigenvalue weighted by atomic mass is 9.90. The number of Topliss-reactive ketones (excluding diaryl/α,β-unsaturated/α-hetero) is 1. The number of rotatable bonds is 2. The van der Waals surface area contributed by atoms with Gasteiger partial charge >= 0.3 is 0 Å². The molecule has 0 aromatic heterocycles. The highest BCUT2D eigenvalue weighted by Gasteiger charge is 2.48. The number of hydrogen-bond donors (Lipinski definition) is 0. The Morgan fingerprint density at radius 2 is 1.68 bits per heavy atom. The van der Waals surface area contributed by atoms with Gasteiger partial charge in [0.2, 0.25) is 0 Å². The molecule has 3 nitrogen and oxygen atoms in total. The molecule has 0 radical (unpaired) electrons. The quantitative estimate of drug-likeness (QED) is 0.782. The first kappa shape index (κ1) is 12.8. The molecule has 2 atom stereocenters. The molecule has 0 aliphatic carbocycles. The molecular weight excluding hydrogens is 267 g/mol. The molecule has 0 saturated carbocycles. The summed E-state index contributed by atoms with van der Waals surface area (Å²) in [5.74, 6) is -1.11. The second kappa shape index (κ2) is 4.40. The molecule has 2 bridgehead atoms. The Kier molecular flexibility index (Phi) is 2.96. The third-order valence-corrected chi connectivity index (χ3v) is 7.06. The Morgan fingerprint density at radius 3 is 2.26 bits per heavy atom. The molecule has 0 spiro atoms. The van der Waals surface area contributed by atoms with Gasteiger partial charge in [0.15, 0.2) is 15.6 Å². The molecule has 2 heterocycles. The number of benzene rings is 1. The van der Waals surface area contributed by atoms with E-state index in [4.69, 9.17) is 0 Å². The number of ketones is 1. The lowest BCUT2D eigenvalue weighted by molar-refractivity contribution is 0.0901. The molecule has 2 fully saturated rings. The maximum atomic E-state index is 13.6. The van der Waals surface area contributed by atoms with Gasteiger partial charge in [-0.25, -0.2) is 12.8 Å². The van der Waals surface area contributed by atoms with Crippen LogP contribution in [0.15, 0.2) is 24.3 Å². The van der Waals surface area contributed by atoms with Crippen LogP contribution in [0, 0.1) is 11.7 Å². The molecule has 3 rings (SSSR count). The minimum absolute atomic E-state index is 0.0891. The molecule has 1 aromatic carbocycles. The van der Waals surface area contributed by atoms with Crippen molar-refractivity contribution < 1.29 is 17.6 Å². The van der Waals surface area contributed by atoms with Crippen LogP contribution in [0.25, 0.3) is 0 Å². The number of halogens is 1. The van der Waals surface area contributed by atoms with Crippen molar-refractivity contribution in [2.75, 3.05) is 0 Å². The summed E-state index contributed by atoms with van der Waals surface area (Å²) in [7, 11) is -3.03. The van der Waals surface area contributed by atoms with Crippen LogP contribution in [0.5, 0.6) is 0 Å². The first-order valence-corrected chi connectivity index (χ1v) is 8.12. The van der Waals surface area contributed by atoms with Crippen molar-refractivity contribution in [3.8, 4) is 0 Å². The first-order valence-electron chi connectivity index (χ1n) is 6.51. The van der Waals surface area contributed by atoms with Crippen molar-refractivity contribution >= 4 is 15.6 Å². The Labute approximate surface area is 111 Å². The van der Waals surface area contributed by atoms with Crippen molar-refractivity contribution in [1.29, 1.82) is 0 Å². The number of hydrogen-bond acceptors (Lipinski definition) is 3. The highest BCUT2D eigenvalue weighted by molar-refractivity contribution is 7.93. The van der Waals surface area contributed by atoms with Gasteiger partial charge in [0.25, 0.3) is 0 Å². The van der Waals surface area contributed by atoms with Gasteiger partial charge < -0.3 is 0 Å². The van der Waals surface area contributed by atoms with Crippen LogP contribution in [0.4, 0.5) is 4.39 Å². The van der Waals surface area contributed by atoms with Crippen LogP contribution >= 0.6 is 0 Å². The largest absolute Gasteiger partial charge is 0.294 e. The number of sulfone groups is 1. The van der Waals surface area contributed by atoms with Crippen molar-refractivity contribution in [1.82, 2.24) is 0 Å². The fourth-order valence-corrected chi connectivity index (χ4v) is 5.78. The van der Waals surface area contributed by atoms with E-state index in [1.54, 1.807) is 12.1 Å². The zero-order valence-electron chi connectivity index (χ0n) is 10.4. The highest BCUT2D eigenvalue weighted by Crippen LogP contribution is 2.42. The SMILES string of the molecule is O=C(c1ccccc1F)C1CC2CCC(C1)S2(=O)=O. The van der Waals surface area contributed by atoms with E-state index in [-0.39, 0.29) is 17.3 Å². The van der Waals surface area contributed by atoms with E-state index in [2.05, 4.69) is 0 Å². The van der Waals surface area contributed by atoms with Crippen LogP contribution in [0.1, 0.15) is 36.0 Å². The van der Waals surface area contributed by atoms with Gasteiger partial charge in [-0.05, 0) is 37.8 Å². The highest BCUT2D eigenvalue weighted by atomic mass is 32.2. The first-order chi connectivity index (χ1) is 9.00. The number of fused-ring (bicyclic) bond motifs is 2. The van der Waals surface area contributed by atoms with Gasteiger partial charge in [-0.2, -0.15) is 0 Å². The van der Waals surface area contributed by atoms with Crippen LogP contribution < -0.4 is 0 Å². The molecule has 2 unspecified atom stereocenters. The van der Waals surface area contributed by atoms with Crippen LogP contribution in [-0.2, 0) is 9.84 Å². The fraction of sp³-hybridized carbons (Fsp3) is 0.500. The molecule has 102 valence electrons. The second-order valence-corrected chi connectivity index (χ2v) is 7.93. The van der Waals surface area contributed by atoms with Crippen molar-refractivity contribution in [3.63, 3.8) is 0 Å². The molecule has 1 aromatic rings. The average Bonchev–Trinajstić information content (AvgIpc) is 2.58. The predicted molar refractivity (Wildman–Crippen MR) is 69.2 cm³/mol. The molecule has 2 aliphatic rings.